The summed E-state index contributed by atoms with van der Waals surface area (Å²) >= 11 is 1.84. The van der Waals surface area contributed by atoms with Crippen LogP contribution in [0.25, 0.3) is 0 Å². The summed E-state index contributed by atoms with van der Waals surface area (Å²) in [4.78, 5) is 26.2. The molecule has 0 saturated carbocycles. The van der Waals surface area contributed by atoms with Gasteiger partial charge >= 0.3 is 5.97 Å². The zero-order chi connectivity index (χ0) is 15.1. The first-order valence-electron chi connectivity index (χ1n) is 7.18. The predicted molar refractivity (Wildman–Crippen MR) is 79.4 cm³/mol. The zero-order valence-corrected chi connectivity index (χ0v) is 12.8. The molecule has 6 heteroatoms. The van der Waals surface area contributed by atoms with Gasteiger partial charge in [0.15, 0.2) is 0 Å². The molecule has 114 valence electrons. The van der Waals surface area contributed by atoms with Crippen molar-refractivity contribution in [3.63, 3.8) is 0 Å². The van der Waals surface area contributed by atoms with Gasteiger partial charge in [-0.15, -0.1) is 0 Å². The average Bonchev–Trinajstić information content (AvgIpc) is 2.75. The Hall–Kier alpha value is -1.27. The lowest BCUT2D eigenvalue weighted by atomic mass is 9.77. The number of hydrogen-bond acceptors (Lipinski definition) is 5. The highest BCUT2D eigenvalue weighted by molar-refractivity contribution is 7.99. The van der Waals surface area contributed by atoms with Crippen LogP contribution in [0, 0.1) is 11.8 Å². The molecule has 0 unspecified atom stereocenters. The highest BCUT2D eigenvalue weighted by atomic mass is 32.2. The molecule has 2 saturated heterocycles. The van der Waals surface area contributed by atoms with Crippen molar-refractivity contribution in [3.8, 4) is 0 Å². The maximum absolute atomic E-state index is 12.3. The van der Waals surface area contributed by atoms with Gasteiger partial charge in [-0.2, -0.15) is 11.8 Å². The predicted octanol–water partition coefficient (Wildman–Crippen LogP) is 0.944. The quantitative estimate of drug-likeness (QED) is 0.476. The van der Waals surface area contributed by atoms with Crippen molar-refractivity contribution < 1.29 is 19.4 Å². The van der Waals surface area contributed by atoms with E-state index < -0.39 is 18.0 Å². The molecule has 1 N–H and O–H groups in total. The first kappa shape index (κ1) is 14.7. The number of hydrogen-bond donors (Lipinski definition) is 1. The Morgan fingerprint density at radius 2 is 2.43 bits per heavy atom. The third kappa shape index (κ3) is 2.12. The van der Waals surface area contributed by atoms with Gasteiger partial charge < -0.3 is 14.7 Å². The summed E-state index contributed by atoms with van der Waals surface area (Å²) in [6, 6.07) is -0.0772. The van der Waals surface area contributed by atoms with Crippen LogP contribution in [0.5, 0.6) is 0 Å². The smallest absolute Gasteiger partial charge is 0.355 e. The second-order valence-electron chi connectivity index (χ2n) is 5.66. The molecule has 0 aromatic rings. The van der Waals surface area contributed by atoms with Crippen LogP contribution in [0.3, 0.4) is 0 Å². The summed E-state index contributed by atoms with van der Waals surface area (Å²) in [5.41, 5.74) is 1.46. The Kier molecular flexibility index (Phi) is 3.84. The number of carbonyl (C=O) groups excluding carboxylic acids is 2. The average molecular weight is 309 g/mol. The van der Waals surface area contributed by atoms with Crippen LogP contribution < -0.4 is 0 Å². The van der Waals surface area contributed by atoms with E-state index in [1.165, 1.54) is 6.08 Å². The molecule has 0 spiro atoms. The van der Waals surface area contributed by atoms with E-state index >= 15 is 0 Å². The zero-order valence-electron chi connectivity index (χ0n) is 11.9. The van der Waals surface area contributed by atoms with E-state index in [4.69, 9.17) is 4.74 Å². The highest BCUT2D eigenvalue weighted by Crippen LogP contribution is 2.51. The highest BCUT2D eigenvalue weighted by Gasteiger charge is 2.61. The van der Waals surface area contributed by atoms with Crippen LogP contribution in [0.2, 0.25) is 0 Å². The van der Waals surface area contributed by atoms with E-state index in [0.717, 1.165) is 23.5 Å². The molecule has 3 aliphatic rings. The maximum Gasteiger partial charge on any atom is 0.355 e. The Morgan fingerprint density at radius 3 is 3.10 bits per heavy atom. The number of aliphatic hydroxyl groups excluding tert-OH is 1. The van der Waals surface area contributed by atoms with Gasteiger partial charge in [-0.05, 0) is 24.7 Å². The Morgan fingerprint density at radius 1 is 1.67 bits per heavy atom. The molecule has 5 nitrogen and oxygen atoms in total. The van der Waals surface area contributed by atoms with Gasteiger partial charge in [0.25, 0.3) is 0 Å². The molecule has 0 radical (unpaired) electrons. The fraction of sp³-hybridized carbons (Fsp3) is 0.600. The molecule has 2 fully saturated rings. The fourth-order valence-electron chi connectivity index (χ4n) is 3.58. The topological polar surface area (TPSA) is 66.8 Å². The standard InChI is InChI=1S/C15H19NO4S/c1-3-5-20-15(19)13-9-4-6-21-7-10(9)12-11(8(2)17)14(18)16(12)13/h3,8,10-12,17H,1,4-7H2,2H3/t8-,10-,11-,12-/m1/s1. The lowest BCUT2D eigenvalue weighted by molar-refractivity contribution is -0.163. The van der Waals surface area contributed by atoms with Gasteiger partial charge in [0.2, 0.25) is 5.91 Å². The molecule has 0 aliphatic carbocycles. The fourth-order valence-corrected chi connectivity index (χ4v) is 4.76. The van der Waals surface area contributed by atoms with Crippen LogP contribution >= 0.6 is 11.8 Å². The molecular formula is C15H19NO4S. The largest absolute Gasteiger partial charge is 0.457 e. The summed E-state index contributed by atoms with van der Waals surface area (Å²) in [5.74, 6) is 1.03. The molecule has 4 atom stereocenters. The van der Waals surface area contributed by atoms with Crippen molar-refractivity contribution in [1.82, 2.24) is 4.90 Å². The summed E-state index contributed by atoms with van der Waals surface area (Å²) in [6.07, 6.45) is 1.64. The van der Waals surface area contributed by atoms with E-state index in [9.17, 15) is 14.7 Å². The van der Waals surface area contributed by atoms with E-state index in [0.29, 0.717) is 5.70 Å². The summed E-state index contributed by atoms with van der Waals surface area (Å²) in [7, 11) is 0. The second-order valence-corrected chi connectivity index (χ2v) is 6.81. The molecule has 0 bridgehead atoms. The minimum absolute atomic E-state index is 0.0772. The third-order valence-corrected chi connectivity index (χ3v) is 5.54. The van der Waals surface area contributed by atoms with Crippen LogP contribution in [-0.4, -0.2) is 52.1 Å². The molecule has 21 heavy (non-hydrogen) atoms. The number of rotatable bonds is 4. The van der Waals surface area contributed by atoms with Crippen molar-refractivity contribution in [2.75, 3.05) is 18.1 Å². The first-order valence-corrected chi connectivity index (χ1v) is 8.33. The van der Waals surface area contributed by atoms with Gasteiger partial charge in [-0.25, -0.2) is 4.79 Å². The normalized spacial score (nSPS) is 32.2. The van der Waals surface area contributed by atoms with Crippen LogP contribution in [-0.2, 0) is 14.3 Å². The molecule has 1 amide bonds. The molecule has 0 aromatic carbocycles. The van der Waals surface area contributed by atoms with Crippen LogP contribution in [0.4, 0.5) is 0 Å². The Labute approximate surface area is 128 Å². The summed E-state index contributed by atoms with van der Waals surface area (Å²) in [5, 5.41) is 9.84. The van der Waals surface area contributed by atoms with Gasteiger partial charge in [-0.1, -0.05) is 12.7 Å². The van der Waals surface area contributed by atoms with E-state index in [-0.39, 0.29) is 24.5 Å². The van der Waals surface area contributed by atoms with Crippen molar-refractivity contribution in [3.05, 3.63) is 23.9 Å². The number of ether oxygens (including phenoxy) is 1. The number of amides is 1. The molecule has 3 heterocycles. The molecule has 0 aromatic heterocycles. The maximum atomic E-state index is 12.3. The molecule has 3 rings (SSSR count). The number of esters is 1. The van der Waals surface area contributed by atoms with Crippen molar-refractivity contribution in [2.45, 2.75) is 25.5 Å². The number of fused-ring (bicyclic) bond motifs is 3. The van der Waals surface area contributed by atoms with Gasteiger partial charge in [-0.3, -0.25) is 4.79 Å². The van der Waals surface area contributed by atoms with E-state index in [1.807, 2.05) is 11.8 Å². The van der Waals surface area contributed by atoms with Crippen LogP contribution in [0.1, 0.15) is 13.3 Å². The van der Waals surface area contributed by atoms with Crippen molar-refractivity contribution >= 4 is 23.6 Å². The van der Waals surface area contributed by atoms with Crippen molar-refractivity contribution in [2.24, 2.45) is 11.8 Å². The minimum atomic E-state index is -0.685. The lowest BCUT2D eigenvalue weighted by Crippen LogP contribution is -2.64. The monoisotopic (exact) mass is 309 g/mol. The second kappa shape index (κ2) is 5.50. The molecular weight excluding hydrogens is 290 g/mol. The van der Waals surface area contributed by atoms with Gasteiger partial charge in [0.05, 0.1) is 18.1 Å². The minimum Gasteiger partial charge on any atom is -0.457 e. The Balaban J connectivity index is 1.92. The van der Waals surface area contributed by atoms with Crippen LogP contribution in [0.15, 0.2) is 23.9 Å². The third-order valence-electron chi connectivity index (χ3n) is 4.45. The Bertz CT molecular complexity index is 528. The number of carbonyl (C=O) groups is 2. The summed E-state index contributed by atoms with van der Waals surface area (Å²) in [6.45, 7) is 5.31. The van der Waals surface area contributed by atoms with E-state index in [1.54, 1.807) is 11.8 Å². The number of aliphatic hydroxyl groups is 1. The van der Waals surface area contributed by atoms with E-state index in [2.05, 4.69) is 6.58 Å². The number of thioether (sulfide) groups is 1. The van der Waals surface area contributed by atoms with Crippen molar-refractivity contribution in [1.29, 1.82) is 0 Å². The van der Waals surface area contributed by atoms with Gasteiger partial charge in [0, 0.05) is 11.7 Å². The summed E-state index contributed by atoms with van der Waals surface area (Å²) < 4.78 is 5.14. The molecule has 3 aliphatic heterocycles. The van der Waals surface area contributed by atoms with Gasteiger partial charge in [0.1, 0.15) is 12.3 Å². The number of nitrogens with zero attached hydrogens (tertiary/aromatic N) is 1. The number of β-lactam (4-membered cyclic amide) rings is 1. The first-order chi connectivity index (χ1) is 10.1. The lowest BCUT2D eigenvalue weighted by Gasteiger charge is -2.47. The SMILES string of the molecule is C=CCOC(=O)C1=C2CCSC[C@H]2[C@@H]2[C@@H]([C@@H](C)O)C(=O)N12.